The van der Waals surface area contributed by atoms with E-state index in [0.717, 1.165) is 18.0 Å². The molecule has 1 aromatic rings. The Kier molecular flexibility index (Phi) is 4.29. The van der Waals surface area contributed by atoms with Gasteiger partial charge in [-0.2, -0.15) is 0 Å². The van der Waals surface area contributed by atoms with Crippen LogP contribution in [0.1, 0.15) is 25.0 Å². The molecule has 1 aromatic carbocycles. The number of fused-ring (bicyclic) bond motifs is 1. The van der Waals surface area contributed by atoms with Crippen molar-refractivity contribution < 1.29 is 9.47 Å². The monoisotopic (exact) mass is 265 g/mol. The molecule has 5 heteroatoms. The van der Waals surface area contributed by atoms with Crippen LogP contribution < -0.4 is 26.1 Å². The molecule has 1 aliphatic heterocycles. The van der Waals surface area contributed by atoms with Crippen LogP contribution in [0.3, 0.4) is 0 Å². The molecule has 0 unspecified atom stereocenters. The van der Waals surface area contributed by atoms with Gasteiger partial charge < -0.3 is 14.8 Å². The lowest BCUT2D eigenvalue weighted by Gasteiger charge is -2.29. The lowest BCUT2D eigenvalue weighted by molar-refractivity contribution is 0.171. The van der Waals surface area contributed by atoms with Crippen molar-refractivity contribution in [2.75, 3.05) is 26.4 Å². The Morgan fingerprint density at radius 3 is 2.47 bits per heavy atom. The number of hydrazine groups is 1. The van der Waals surface area contributed by atoms with E-state index in [1.54, 1.807) is 0 Å². The van der Waals surface area contributed by atoms with Gasteiger partial charge in [-0.15, -0.1) is 0 Å². The van der Waals surface area contributed by atoms with Gasteiger partial charge in [-0.3, -0.25) is 5.84 Å². The summed E-state index contributed by atoms with van der Waals surface area (Å²) < 4.78 is 11.3. The summed E-state index contributed by atoms with van der Waals surface area (Å²) in [6.45, 7) is 9.18. The van der Waals surface area contributed by atoms with Crippen molar-refractivity contribution in [3.05, 3.63) is 23.3 Å². The minimum absolute atomic E-state index is 0.00320. The van der Waals surface area contributed by atoms with Crippen LogP contribution in [0.2, 0.25) is 0 Å². The average molecular weight is 265 g/mol. The second-order valence-electron chi connectivity index (χ2n) is 5.50. The highest BCUT2D eigenvalue weighted by Gasteiger charge is 2.25. The SMILES string of the molecule is Cc1cc2c(cc1C(C)(C)CNCNN)OCCO2. The number of hydrogen-bond donors (Lipinski definition) is 3. The van der Waals surface area contributed by atoms with Gasteiger partial charge in [0.15, 0.2) is 11.5 Å². The highest BCUT2D eigenvalue weighted by molar-refractivity contribution is 5.50. The van der Waals surface area contributed by atoms with Crippen molar-refractivity contribution in [2.24, 2.45) is 5.84 Å². The third-order valence-corrected chi connectivity index (χ3v) is 3.41. The first-order valence-corrected chi connectivity index (χ1v) is 6.59. The van der Waals surface area contributed by atoms with Gasteiger partial charge in [0.2, 0.25) is 0 Å². The Labute approximate surface area is 114 Å². The van der Waals surface area contributed by atoms with Crippen LogP contribution in [-0.2, 0) is 5.41 Å². The number of aryl methyl sites for hydroxylation is 1. The van der Waals surface area contributed by atoms with Gasteiger partial charge in [0.25, 0.3) is 0 Å². The first-order chi connectivity index (χ1) is 9.04. The molecule has 106 valence electrons. The third-order valence-electron chi connectivity index (χ3n) is 3.41. The summed E-state index contributed by atoms with van der Waals surface area (Å²) >= 11 is 0. The smallest absolute Gasteiger partial charge is 0.161 e. The Bertz CT molecular complexity index is 447. The third kappa shape index (κ3) is 3.18. The zero-order valence-corrected chi connectivity index (χ0v) is 11.9. The van der Waals surface area contributed by atoms with Gasteiger partial charge in [-0.25, -0.2) is 5.43 Å². The van der Waals surface area contributed by atoms with E-state index in [0.29, 0.717) is 19.9 Å². The van der Waals surface area contributed by atoms with Crippen LogP contribution in [0.4, 0.5) is 0 Å². The number of benzene rings is 1. The van der Waals surface area contributed by atoms with Crippen molar-refractivity contribution in [3.8, 4) is 11.5 Å². The van der Waals surface area contributed by atoms with Crippen LogP contribution in [0, 0.1) is 6.92 Å². The van der Waals surface area contributed by atoms with Gasteiger partial charge in [-0.05, 0) is 30.2 Å². The van der Waals surface area contributed by atoms with Crippen LogP contribution in [-0.4, -0.2) is 26.4 Å². The molecule has 19 heavy (non-hydrogen) atoms. The molecular weight excluding hydrogens is 242 g/mol. The maximum absolute atomic E-state index is 5.66. The standard InChI is InChI=1S/C14H23N3O2/c1-10-6-12-13(19-5-4-18-12)7-11(10)14(2,3)8-16-9-17-15/h6-7,16-17H,4-5,8-9,15H2,1-3H3. The lowest BCUT2D eigenvalue weighted by atomic mass is 9.81. The average Bonchev–Trinajstić information content (AvgIpc) is 2.38. The number of hydrogen-bond acceptors (Lipinski definition) is 5. The molecule has 0 saturated heterocycles. The summed E-state index contributed by atoms with van der Waals surface area (Å²) in [7, 11) is 0. The summed E-state index contributed by atoms with van der Waals surface area (Å²) in [5.74, 6) is 6.96. The largest absolute Gasteiger partial charge is 0.486 e. The molecule has 0 aromatic heterocycles. The van der Waals surface area contributed by atoms with Gasteiger partial charge in [0, 0.05) is 12.0 Å². The van der Waals surface area contributed by atoms with Gasteiger partial charge >= 0.3 is 0 Å². The first kappa shape index (κ1) is 14.1. The van der Waals surface area contributed by atoms with Crippen molar-refractivity contribution in [1.82, 2.24) is 10.7 Å². The molecule has 0 bridgehead atoms. The molecule has 0 saturated carbocycles. The molecule has 0 amide bonds. The highest BCUT2D eigenvalue weighted by atomic mass is 16.6. The maximum Gasteiger partial charge on any atom is 0.161 e. The lowest BCUT2D eigenvalue weighted by Crippen LogP contribution is -2.40. The number of nitrogens with one attached hydrogen (secondary N) is 2. The van der Waals surface area contributed by atoms with Crippen molar-refractivity contribution in [1.29, 1.82) is 0 Å². The minimum Gasteiger partial charge on any atom is -0.486 e. The molecule has 0 radical (unpaired) electrons. The zero-order valence-electron chi connectivity index (χ0n) is 11.9. The number of rotatable bonds is 5. The molecule has 0 atom stereocenters. The Balaban J connectivity index is 2.23. The van der Waals surface area contributed by atoms with E-state index in [-0.39, 0.29) is 5.41 Å². The van der Waals surface area contributed by atoms with Gasteiger partial charge in [-0.1, -0.05) is 13.8 Å². The molecule has 0 aliphatic carbocycles. The number of ether oxygens (including phenoxy) is 2. The summed E-state index contributed by atoms with van der Waals surface area (Å²) in [4.78, 5) is 0. The van der Waals surface area contributed by atoms with Crippen LogP contribution in [0.25, 0.3) is 0 Å². The predicted molar refractivity (Wildman–Crippen MR) is 75.4 cm³/mol. The maximum atomic E-state index is 5.66. The van der Waals surface area contributed by atoms with Crippen LogP contribution >= 0.6 is 0 Å². The van der Waals surface area contributed by atoms with Crippen LogP contribution in [0.5, 0.6) is 11.5 Å². The molecule has 0 spiro atoms. The van der Waals surface area contributed by atoms with Gasteiger partial charge in [0.1, 0.15) is 13.2 Å². The minimum atomic E-state index is -0.00320. The second kappa shape index (κ2) is 5.77. The normalized spacial score (nSPS) is 14.5. The first-order valence-electron chi connectivity index (χ1n) is 6.59. The molecule has 1 heterocycles. The topological polar surface area (TPSA) is 68.5 Å². The van der Waals surface area contributed by atoms with E-state index in [1.807, 2.05) is 0 Å². The van der Waals surface area contributed by atoms with E-state index in [2.05, 4.69) is 43.6 Å². The summed E-state index contributed by atoms with van der Waals surface area (Å²) in [5, 5.41) is 3.27. The van der Waals surface area contributed by atoms with E-state index in [4.69, 9.17) is 15.3 Å². The second-order valence-corrected chi connectivity index (χ2v) is 5.50. The predicted octanol–water partition coefficient (Wildman–Crippen LogP) is 1.05. The summed E-state index contributed by atoms with van der Waals surface area (Å²) in [6, 6.07) is 4.16. The fourth-order valence-electron chi connectivity index (χ4n) is 2.46. The van der Waals surface area contributed by atoms with Crippen molar-refractivity contribution >= 4 is 0 Å². The zero-order chi connectivity index (χ0) is 13.9. The van der Waals surface area contributed by atoms with Crippen LogP contribution in [0.15, 0.2) is 12.1 Å². The molecule has 4 N–H and O–H groups in total. The van der Waals surface area contributed by atoms with E-state index >= 15 is 0 Å². The molecule has 1 aliphatic rings. The Morgan fingerprint density at radius 1 is 1.21 bits per heavy atom. The van der Waals surface area contributed by atoms with E-state index in [9.17, 15) is 0 Å². The van der Waals surface area contributed by atoms with Crippen molar-refractivity contribution in [3.63, 3.8) is 0 Å². The molecule has 2 rings (SSSR count). The van der Waals surface area contributed by atoms with E-state index < -0.39 is 0 Å². The van der Waals surface area contributed by atoms with E-state index in [1.165, 1.54) is 11.1 Å². The van der Waals surface area contributed by atoms with Crippen molar-refractivity contribution in [2.45, 2.75) is 26.2 Å². The molecule has 0 fully saturated rings. The fraction of sp³-hybridized carbons (Fsp3) is 0.571. The Hall–Kier alpha value is -1.30. The fourth-order valence-corrected chi connectivity index (χ4v) is 2.46. The van der Waals surface area contributed by atoms with Gasteiger partial charge in [0.05, 0.1) is 6.67 Å². The molecule has 5 nitrogen and oxygen atoms in total. The Morgan fingerprint density at radius 2 is 1.84 bits per heavy atom. The highest BCUT2D eigenvalue weighted by Crippen LogP contribution is 2.37. The summed E-state index contributed by atoms with van der Waals surface area (Å²) in [5.41, 5.74) is 5.08. The quantitative estimate of drug-likeness (QED) is 0.321. The summed E-state index contributed by atoms with van der Waals surface area (Å²) in [6.07, 6.45) is 0. The molecular formula is C14H23N3O2. The number of nitrogens with two attached hydrogens (primary N) is 1.